The van der Waals surface area contributed by atoms with Crippen LogP contribution in [0, 0.1) is 5.92 Å². The van der Waals surface area contributed by atoms with Gasteiger partial charge in [0, 0.05) is 33.3 Å². The quantitative estimate of drug-likeness (QED) is 0.803. The van der Waals surface area contributed by atoms with Crippen molar-refractivity contribution >= 4 is 44.8 Å². The van der Waals surface area contributed by atoms with Gasteiger partial charge in [-0.1, -0.05) is 23.7 Å². The number of hydrazine groups is 1. The predicted octanol–water partition coefficient (Wildman–Crippen LogP) is 3.59. The van der Waals surface area contributed by atoms with E-state index in [1.807, 2.05) is 36.7 Å². The topological polar surface area (TPSA) is 44.4 Å². The van der Waals surface area contributed by atoms with E-state index in [0.717, 1.165) is 14.9 Å². The van der Waals surface area contributed by atoms with Crippen LogP contribution in [-0.4, -0.2) is 24.4 Å². The molecule has 1 aromatic carbocycles. The minimum Gasteiger partial charge on any atom is -0.340 e. The number of halogens is 2. The fraction of sp³-hybridized carbons (Fsp3) is 0.312. The Balaban J connectivity index is 1.71. The van der Waals surface area contributed by atoms with Crippen molar-refractivity contribution in [1.82, 2.24) is 15.8 Å². The SMILES string of the molecule is CN(Cc1cc(Br)cs1)C(=O)C1CNNC1c1ccc(Cl)cc1. The molecule has 0 radical (unpaired) electrons. The Labute approximate surface area is 152 Å². The van der Waals surface area contributed by atoms with E-state index >= 15 is 0 Å². The highest BCUT2D eigenvalue weighted by Gasteiger charge is 2.35. The van der Waals surface area contributed by atoms with E-state index in [-0.39, 0.29) is 17.9 Å². The molecule has 122 valence electrons. The van der Waals surface area contributed by atoms with Crippen molar-refractivity contribution in [1.29, 1.82) is 0 Å². The summed E-state index contributed by atoms with van der Waals surface area (Å²) in [6.45, 7) is 1.24. The summed E-state index contributed by atoms with van der Waals surface area (Å²) in [6.07, 6.45) is 0. The summed E-state index contributed by atoms with van der Waals surface area (Å²) in [5.41, 5.74) is 7.36. The molecule has 0 bridgehead atoms. The third-order valence-corrected chi connectivity index (χ3v) is 5.85. The van der Waals surface area contributed by atoms with Gasteiger partial charge in [0.2, 0.25) is 5.91 Å². The van der Waals surface area contributed by atoms with E-state index in [0.29, 0.717) is 18.1 Å². The summed E-state index contributed by atoms with van der Waals surface area (Å²) in [7, 11) is 1.85. The van der Waals surface area contributed by atoms with E-state index in [9.17, 15) is 4.79 Å². The van der Waals surface area contributed by atoms with Gasteiger partial charge in [-0.3, -0.25) is 10.2 Å². The second-order valence-corrected chi connectivity index (χ2v) is 7.93. The van der Waals surface area contributed by atoms with Gasteiger partial charge in [0.05, 0.1) is 18.5 Å². The molecular weight excluding hydrogens is 398 g/mol. The van der Waals surface area contributed by atoms with Crippen LogP contribution in [0.3, 0.4) is 0 Å². The maximum Gasteiger partial charge on any atom is 0.229 e. The van der Waals surface area contributed by atoms with Gasteiger partial charge in [-0.15, -0.1) is 11.3 Å². The molecule has 2 unspecified atom stereocenters. The summed E-state index contributed by atoms with van der Waals surface area (Å²) >= 11 is 11.0. The number of nitrogens with one attached hydrogen (secondary N) is 2. The van der Waals surface area contributed by atoms with Crippen LogP contribution in [0.5, 0.6) is 0 Å². The van der Waals surface area contributed by atoms with E-state index in [1.165, 1.54) is 0 Å². The molecule has 3 rings (SSSR count). The molecule has 0 spiro atoms. The molecule has 2 aromatic rings. The average molecular weight is 415 g/mol. The maximum absolute atomic E-state index is 12.8. The summed E-state index contributed by atoms with van der Waals surface area (Å²) in [5, 5.41) is 2.73. The number of rotatable bonds is 4. The lowest BCUT2D eigenvalue weighted by atomic mass is 9.94. The first-order chi connectivity index (χ1) is 11.0. The molecule has 1 aliphatic heterocycles. The molecule has 1 aliphatic rings. The highest BCUT2D eigenvalue weighted by atomic mass is 79.9. The molecule has 1 amide bonds. The Morgan fingerprint density at radius 2 is 2.17 bits per heavy atom. The Morgan fingerprint density at radius 3 is 2.83 bits per heavy atom. The minimum absolute atomic E-state index is 0.0442. The van der Waals surface area contributed by atoms with Crippen LogP contribution < -0.4 is 10.9 Å². The molecule has 1 saturated heterocycles. The molecule has 1 fully saturated rings. The first-order valence-electron chi connectivity index (χ1n) is 7.26. The van der Waals surface area contributed by atoms with Crippen LogP contribution in [0.2, 0.25) is 5.02 Å². The van der Waals surface area contributed by atoms with Gasteiger partial charge in [0.25, 0.3) is 0 Å². The first kappa shape index (κ1) is 16.9. The zero-order chi connectivity index (χ0) is 16.4. The van der Waals surface area contributed by atoms with Crippen molar-refractivity contribution in [2.75, 3.05) is 13.6 Å². The molecule has 2 atom stereocenters. The Kier molecular flexibility index (Phi) is 5.38. The van der Waals surface area contributed by atoms with Crippen molar-refractivity contribution in [2.45, 2.75) is 12.6 Å². The standard InChI is InChI=1S/C16H17BrClN3OS/c1-21(8-13-6-11(17)9-23-13)16(22)14-7-19-20-15(14)10-2-4-12(18)5-3-10/h2-6,9,14-15,19-20H,7-8H2,1H3. The summed E-state index contributed by atoms with van der Waals surface area (Å²) in [6, 6.07) is 9.64. The lowest BCUT2D eigenvalue weighted by Crippen LogP contribution is -2.36. The second kappa shape index (κ2) is 7.32. The maximum atomic E-state index is 12.8. The summed E-state index contributed by atoms with van der Waals surface area (Å²) < 4.78 is 1.06. The van der Waals surface area contributed by atoms with Gasteiger partial charge in [-0.05, 0) is 39.7 Å². The molecule has 1 aromatic heterocycles. The molecular formula is C16H17BrClN3OS. The molecule has 0 saturated carbocycles. The largest absolute Gasteiger partial charge is 0.340 e. The lowest BCUT2D eigenvalue weighted by molar-refractivity contribution is -0.134. The Bertz CT molecular complexity index is 691. The molecule has 2 N–H and O–H groups in total. The molecule has 23 heavy (non-hydrogen) atoms. The van der Waals surface area contributed by atoms with Gasteiger partial charge < -0.3 is 4.90 Å². The summed E-state index contributed by atoms with van der Waals surface area (Å²) in [4.78, 5) is 15.8. The number of nitrogens with zero attached hydrogens (tertiary/aromatic N) is 1. The van der Waals surface area contributed by atoms with Gasteiger partial charge in [-0.25, -0.2) is 5.43 Å². The van der Waals surface area contributed by atoms with Crippen LogP contribution in [0.15, 0.2) is 40.2 Å². The third-order valence-electron chi connectivity index (χ3n) is 3.92. The van der Waals surface area contributed by atoms with Crippen molar-refractivity contribution in [3.63, 3.8) is 0 Å². The number of hydrogen-bond acceptors (Lipinski definition) is 4. The molecule has 4 nitrogen and oxygen atoms in total. The van der Waals surface area contributed by atoms with Gasteiger partial charge >= 0.3 is 0 Å². The second-order valence-electron chi connectivity index (χ2n) is 5.59. The van der Waals surface area contributed by atoms with Crippen LogP contribution in [0.25, 0.3) is 0 Å². The van der Waals surface area contributed by atoms with Crippen molar-refractivity contribution in [3.05, 3.63) is 55.6 Å². The number of hydrogen-bond donors (Lipinski definition) is 2. The number of thiophene rings is 1. The van der Waals surface area contributed by atoms with Gasteiger partial charge in [0.1, 0.15) is 0 Å². The van der Waals surface area contributed by atoms with Gasteiger partial charge in [0.15, 0.2) is 0 Å². The number of benzene rings is 1. The molecule has 7 heteroatoms. The highest BCUT2D eigenvalue weighted by molar-refractivity contribution is 9.10. The monoisotopic (exact) mass is 413 g/mol. The van der Waals surface area contributed by atoms with E-state index in [4.69, 9.17) is 11.6 Å². The smallest absolute Gasteiger partial charge is 0.229 e. The Morgan fingerprint density at radius 1 is 1.43 bits per heavy atom. The van der Waals surface area contributed by atoms with Crippen molar-refractivity contribution < 1.29 is 4.79 Å². The number of amides is 1. The first-order valence-corrected chi connectivity index (χ1v) is 9.31. The fourth-order valence-electron chi connectivity index (χ4n) is 2.74. The number of carbonyl (C=O) groups is 1. The third kappa shape index (κ3) is 3.95. The van der Waals surface area contributed by atoms with Crippen LogP contribution >= 0.6 is 38.9 Å². The van der Waals surface area contributed by atoms with Crippen LogP contribution in [0.4, 0.5) is 0 Å². The van der Waals surface area contributed by atoms with Crippen molar-refractivity contribution in [2.24, 2.45) is 5.92 Å². The summed E-state index contributed by atoms with van der Waals surface area (Å²) in [5.74, 6) is -0.00319. The molecule has 2 heterocycles. The lowest BCUT2D eigenvalue weighted by Gasteiger charge is -2.24. The van der Waals surface area contributed by atoms with Gasteiger partial charge in [-0.2, -0.15) is 0 Å². The van der Waals surface area contributed by atoms with Crippen LogP contribution in [0.1, 0.15) is 16.5 Å². The van der Waals surface area contributed by atoms with Crippen LogP contribution in [-0.2, 0) is 11.3 Å². The highest BCUT2D eigenvalue weighted by Crippen LogP contribution is 2.28. The molecule has 0 aliphatic carbocycles. The normalized spacial score (nSPS) is 20.7. The predicted molar refractivity (Wildman–Crippen MR) is 97.3 cm³/mol. The average Bonchev–Trinajstić information content (AvgIpc) is 3.16. The minimum atomic E-state index is -0.135. The van der Waals surface area contributed by atoms with Crippen molar-refractivity contribution in [3.8, 4) is 0 Å². The zero-order valence-corrected chi connectivity index (χ0v) is 15.7. The van der Waals surface area contributed by atoms with E-state index in [2.05, 4.69) is 32.8 Å². The number of carbonyl (C=O) groups excluding carboxylic acids is 1. The fourth-order valence-corrected chi connectivity index (χ4v) is 4.37. The van der Waals surface area contributed by atoms with E-state index < -0.39 is 0 Å². The van der Waals surface area contributed by atoms with E-state index in [1.54, 1.807) is 16.2 Å². The zero-order valence-electron chi connectivity index (χ0n) is 12.6. The Hall–Kier alpha value is -0.920.